The highest BCUT2D eigenvalue weighted by Crippen LogP contribution is 2.15. The molecule has 0 aliphatic rings. The lowest BCUT2D eigenvalue weighted by molar-refractivity contribution is 0.0935. The number of ether oxygens (including phenoxy) is 1. The summed E-state index contributed by atoms with van der Waals surface area (Å²) in [7, 11) is 1.58. The highest BCUT2D eigenvalue weighted by atomic mass is 32.1. The number of methoxy groups -OCH3 is 1. The second-order valence-corrected chi connectivity index (χ2v) is 6.92. The van der Waals surface area contributed by atoms with Crippen LogP contribution in [0.3, 0.4) is 0 Å². The lowest BCUT2D eigenvalue weighted by atomic mass is 10.0. The van der Waals surface area contributed by atoms with Gasteiger partial charge in [-0.1, -0.05) is 26.0 Å². The molecule has 148 valence electrons. The summed E-state index contributed by atoms with van der Waals surface area (Å²) in [6.07, 6.45) is 0. The molecule has 0 heterocycles. The van der Waals surface area contributed by atoms with E-state index in [0.29, 0.717) is 35.9 Å². The smallest absolute Gasteiger partial charge is 0.257 e. The number of hydrogen-bond acceptors (Lipinski definition) is 4. The Hall–Kier alpha value is -2.77. The van der Waals surface area contributed by atoms with Crippen LogP contribution in [-0.4, -0.2) is 37.2 Å². The number of hydrogen-bond donors (Lipinski definition) is 3. The molecule has 7 heteroatoms. The third kappa shape index (κ3) is 6.44. The van der Waals surface area contributed by atoms with Gasteiger partial charge in [-0.05, 0) is 60.1 Å². The molecule has 28 heavy (non-hydrogen) atoms. The van der Waals surface area contributed by atoms with Gasteiger partial charge in [0.1, 0.15) is 0 Å². The van der Waals surface area contributed by atoms with Crippen LogP contribution >= 0.6 is 12.2 Å². The molecule has 6 nitrogen and oxygen atoms in total. The number of rotatable bonds is 7. The van der Waals surface area contributed by atoms with Crippen molar-refractivity contribution >= 4 is 34.8 Å². The van der Waals surface area contributed by atoms with E-state index >= 15 is 0 Å². The Balaban J connectivity index is 1.88. The van der Waals surface area contributed by atoms with Gasteiger partial charge in [-0.25, -0.2) is 0 Å². The first kappa shape index (κ1) is 21.5. The first-order chi connectivity index (χ1) is 13.4. The summed E-state index contributed by atoms with van der Waals surface area (Å²) >= 11 is 5.20. The molecular formula is C21H25N3O3S. The van der Waals surface area contributed by atoms with Crippen molar-refractivity contribution in [2.24, 2.45) is 0 Å². The van der Waals surface area contributed by atoms with Crippen LogP contribution in [0.15, 0.2) is 48.5 Å². The second kappa shape index (κ2) is 10.5. The molecule has 0 aliphatic carbocycles. The lowest BCUT2D eigenvalue weighted by Gasteiger charge is -2.11. The molecule has 0 atom stereocenters. The molecule has 0 aromatic heterocycles. The van der Waals surface area contributed by atoms with Crippen molar-refractivity contribution in [2.75, 3.05) is 25.6 Å². The zero-order chi connectivity index (χ0) is 20.5. The van der Waals surface area contributed by atoms with Crippen LogP contribution in [0, 0.1) is 0 Å². The maximum Gasteiger partial charge on any atom is 0.257 e. The summed E-state index contributed by atoms with van der Waals surface area (Å²) in [5.74, 6) is -0.0452. The number of carbonyl (C=O) groups excluding carboxylic acids is 2. The van der Waals surface area contributed by atoms with Gasteiger partial charge in [0.15, 0.2) is 5.11 Å². The van der Waals surface area contributed by atoms with Crippen LogP contribution in [0.4, 0.5) is 5.69 Å². The minimum absolute atomic E-state index is 0.177. The molecule has 2 amide bonds. The van der Waals surface area contributed by atoms with Crippen LogP contribution in [0.2, 0.25) is 0 Å². The number of thiocarbonyl (C=S) groups is 1. The molecule has 0 radical (unpaired) electrons. The van der Waals surface area contributed by atoms with Gasteiger partial charge in [0.25, 0.3) is 11.8 Å². The van der Waals surface area contributed by atoms with Gasteiger partial charge in [-0.15, -0.1) is 0 Å². The molecule has 3 N–H and O–H groups in total. The van der Waals surface area contributed by atoms with Gasteiger partial charge in [-0.2, -0.15) is 0 Å². The van der Waals surface area contributed by atoms with E-state index in [4.69, 9.17) is 17.0 Å². The zero-order valence-electron chi connectivity index (χ0n) is 16.2. The van der Waals surface area contributed by atoms with Crippen molar-refractivity contribution in [3.8, 4) is 0 Å². The van der Waals surface area contributed by atoms with Crippen LogP contribution in [0.25, 0.3) is 0 Å². The van der Waals surface area contributed by atoms with Crippen molar-refractivity contribution in [2.45, 2.75) is 19.8 Å². The molecule has 2 aromatic rings. The number of nitrogens with one attached hydrogen (secondary N) is 3. The van der Waals surface area contributed by atoms with E-state index < -0.39 is 0 Å². The third-order valence-electron chi connectivity index (χ3n) is 4.06. The van der Waals surface area contributed by atoms with Crippen LogP contribution in [-0.2, 0) is 4.74 Å². The minimum atomic E-state index is -0.276. The molecule has 2 aromatic carbocycles. The van der Waals surface area contributed by atoms with Gasteiger partial charge in [-0.3, -0.25) is 14.9 Å². The lowest BCUT2D eigenvalue weighted by Crippen LogP contribution is -2.34. The molecule has 0 spiro atoms. The summed E-state index contributed by atoms with van der Waals surface area (Å²) in [5.41, 5.74) is 2.91. The molecule has 0 unspecified atom stereocenters. The highest BCUT2D eigenvalue weighted by Gasteiger charge is 2.09. The number of carbonyl (C=O) groups is 2. The normalized spacial score (nSPS) is 10.4. The quantitative estimate of drug-likeness (QED) is 0.492. The Labute approximate surface area is 170 Å². The Morgan fingerprint density at radius 1 is 0.964 bits per heavy atom. The van der Waals surface area contributed by atoms with E-state index in [0.717, 1.165) is 0 Å². The van der Waals surface area contributed by atoms with E-state index in [1.807, 2.05) is 12.1 Å². The van der Waals surface area contributed by atoms with E-state index in [1.165, 1.54) is 5.56 Å². The topological polar surface area (TPSA) is 79.5 Å². The minimum Gasteiger partial charge on any atom is -0.383 e. The fraction of sp³-hybridized carbons (Fsp3) is 0.286. The summed E-state index contributed by atoms with van der Waals surface area (Å²) in [5, 5.41) is 8.53. The van der Waals surface area contributed by atoms with Gasteiger partial charge < -0.3 is 15.4 Å². The Morgan fingerprint density at radius 2 is 1.54 bits per heavy atom. The summed E-state index contributed by atoms with van der Waals surface area (Å²) in [6.45, 7) is 5.11. The number of amides is 2. The predicted octanol–water partition coefficient (Wildman–Crippen LogP) is 3.31. The fourth-order valence-corrected chi connectivity index (χ4v) is 2.64. The van der Waals surface area contributed by atoms with Crippen LogP contribution in [0.5, 0.6) is 0 Å². The van der Waals surface area contributed by atoms with E-state index in [2.05, 4.69) is 29.8 Å². The summed E-state index contributed by atoms with van der Waals surface area (Å²) < 4.78 is 4.90. The van der Waals surface area contributed by atoms with Crippen LogP contribution in [0.1, 0.15) is 46.0 Å². The second-order valence-electron chi connectivity index (χ2n) is 6.51. The number of benzene rings is 2. The molecule has 2 rings (SSSR count). The van der Waals surface area contributed by atoms with E-state index in [-0.39, 0.29) is 16.9 Å². The van der Waals surface area contributed by atoms with Crippen molar-refractivity contribution in [1.82, 2.24) is 10.6 Å². The Kier molecular flexibility index (Phi) is 8.10. The van der Waals surface area contributed by atoms with Gasteiger partial charge in [0.05, 0.1) is 6.61 Å². The van der Waals surface area contributed by atoms with Gasteiger partial charge in [0, 0.05) is 30.5 Å². The SMILES string of the molecule is COCCNC(=O)c1ccc(NC(=S)NC(=O)c2ccc(C(C)C)cc2)cc1. The third-order valence-corrected chi connectivity index (χ3v) is 4.27. The Bertz CT molecular complexity index is 818. The largest absolute Gasteiger partial charge is 0.383 e. The average Bonchev–Trinajstić information content (AvgIpc) is 2.68. The first-order valence-corrected chi connectivity index (χ1v) is 9.41. The number of anilines is 1. The fourth-order valence-electron chi connectivity index (χ4n) is 2.43. The molecule has 0 saturated heterocycles. The van der Waals surface area contributed by atoms with Crippen molar-refractivity contribution in [3.63, 3.8) is 0 Å². The van der Waals surface area contributed by atoms with Gasteiger partial charge in [0.2, 0.25) is 0 Å². The predicted molar refractivity (Wildman–Crippen MR) is 115 cm³/mol. The first-order valence-electron chi connectivity index (χ1n) is 9.00. The van der Waals surface area contributed by atoms with E-state index in [1.54, 1.807) is 43.5 Å². The van der Waals surface area contributed by atoms with Crippen molar-refractivity contribution in [3.05, 3.63) is 65.2 Å². The monoisotopic (exact) mass is 399 g/mol. The average molecular weight is 400 g/mol. The molecular weight excluding hydrogens is 374 g/mol. The molecule has 0 saturated carbocycles. The molecule has 0 bridgehead atoms. The summed E-state index contributed by atoms with van der Waals surface area (Å²) in [6, 6.07) is 14.2. The summed E-state index contributed by atoms with van der Waals surface area (Å²) in [4.78, 5) is 24.2. The van der Waals surface area contributed by atoms with Crippen LogP contribution < -0.4 is 16.0 Å². The molecule has 0 fully saturated rings. The maximum atomic E-state index is 12.3. The molecule has 0 aliphatic heterocycles. The van der Waals surface area contributed by atoms with Gasteiger partial charge >= 0.3 is 0 Å². The standard InChI is InChI=1S/C21H25N3O3S/c1-14(2)15-4-6-17(7-5-15)20(26)24-21(28)23-18-10-8-16(9-11-18)19(25)22-12-13-27-3/h4-11,14H,12-13H2,1-3H3,(H,22,25)(H2,23,24,26,28). The maximum absolute atomic E-state index is 12.3. The van der Waals surface area contributed by atoms with Crippen molar-refractivity contribution < 1.29 is 14.3 Å². The Morgan fingerprint density at radius 3 is 2.11 bits per heavy atom. The van der Waals surface area contributed by atoms with Crippen molar-refractivity contribution in [1.29, 1.82) is 0 Å². The zero-order valence-corrected chi connectivity index (χ0v) is 17.1. The van der Waals surface area contributed by atoms with E-state index in [9.17, 15) is 9.59 Å². The highest BCUT2D eigenvalue weighted by molar-refractivity contribution is 7.80.